The molecule has 0 amide bonds. The lowest BCUT2D eigenvalue weighted by Crippen LogP contribution is -2.19. The van der Waals surface area contributed by atoms with Gasteiger partial charge in [-0.15, -0.1) is 0 Å². The third kappa shape index (κ3) is 3.37. The summed E-state index contributed by atoms with van der Waals surface area (Å²) in [4.78, 5) is 0. The first-order valence-electron chi connectivity index (χ1n) is 7.91. The van der Waals surface area contributed by atoms with Crippen molar-refractivity contribution in [2.45, 2.75) is 65.2 Å². The highest BCUT2D eigenvalue weighted by atomic mass is 14.3. The van der Waals surface area contributed by atoms with Gasteiger partial charge in [-0.1, -0.05) is 70.2 Å². The Morgan fingerprint density at radius 2 is 1.61 bits per heavy atom. The molecule has 0 saturated heterocycles. The zero-order chi connectivity index (χ0) is 12.8. The monoisotopic (exact) mass is 244 g/mol. The van der Waals surface area contributed by atoms with Crippen LogP contribution in [0.4, 0.5) is 0 Å². The van der Waals surface area contributed by atoms with Gasteiger partial charge in [-0.25, -0.2) is 0 Å². The molecule has 0 spiro atoms. The van der Waals surface area contributed by atoms with Gasteiger partial charge < -0.3 is 0 Å². The fourth-order valence-corrected chi connectivity index (χ4v) is 3.69. The van der Waals surface area contributed by atoms with E-state index >= 15 is 0 Å². The van der Waals surface area contributed by atoms with E-state index in [1.54, 1.807) is 11.1 Å². The van der Waals surface area contributed by atoms with Crippen LogP contribution in [0.3, 0.4) is 0 Å². The SMILES string of the molecule is CCc1ccccc1CCC1CCCCC1CC. The molecule has 1 aromatic carbocycles. The molecule has 2 atom stereocenters. The van der Waals surface area contributed by atoms with Gasteiger partial charge >= 0.3 is 0 Å². The van der Waals surface area contributed by atoms with Gasteiger partial charge in [0.15, 0.2) is 0 Å². The molecule has 0 bridgehead atoms. The number of benzene rings is 1. The number of rotatable bonds is 5. The molecule has 0 heterocycles. The zero-order valence-electron chi connectivity index (χ0n) is 12.1. The second kappa shape index (κ2) is 6.97. The van der Waals surface area contributed by atoms with Crippen molar-refractivity contribution in [1.82, 2.24) is 0 Å². The summed E-state index contributed by atoms with van der Waals surface area (Å²) in [5, 5.41) is 0. The lowest BCUT2D eigenvalue weighted by atomic mass is 9.75. The first-order valence-corrected chi connectivity index (χ1v) is 7.91. The molecule has 1 aliphatic carbocycles. The van der Waals surface area contributed by atoms with Gasteiger partial charge in [0.05, 0.1) is 0 Å². The molecule has 1 aromatic rings. The molecule has 0 aliphatic heterocycles. The van der Waals surface area contributed by atoms with Crippen LogP contribution in [0.2, 0.25) is 0 Å². The van der Waals surface area contributed by atoms with E-state index in [1.165, 1.54) is 51.4 Å². The van der Waals surface area contributed by atoms with Gasteiger partial charge in [0.2, 0.25) is 0 Å². The maximum atomic E-state index is 2.38. The van der Waals surface area contributed by atoms with Crippen molar-refractivity contribution >= 4 is 0 Å². The Morgan fingerprint density at radius 1 is 0.944 bits per heavy atom. The van der Waals surface area contributed by atoms with E-state index in [1.807, 2.05) is 0 Å². The highest BCUT2D eigenvalue weighted by Gasteiger charge is 2.23. The summed E-state index contributed by atoms with van der Waals surface area (Å²) < 4.78 is 0. The summed E-state index contributed by atoms with van der Waals surface area (Å²) in [5.41, 5.74) is 3.15. The summed E-state index contributed by atoms with van der Waals surface area (Å²) in [5.74, 6) is 2.00. The summed E-state index contributed by atoms with van der Waals surface area (Å²) in [6.45, 7) is 4.65. The second-order valence-corrected chi connectivity index (χ2v) is 5.87. The maximum Gasteiger partial charge on any atom is -0.0273 e. The highest BCUT2D eigenvalue weighted by Crippen LogP contribution is 2.35. The zero-order valence-corrected chi connectivity index (χ0v) is 12.1. The van der Waals surface area contributed by atoms with Crippen LogP contribution in [-0.2, 0) is 12.8 Å². The minimum atomic E-state index is 0.994. The Bertz CT molecular complexity index is 353. The van der Waals surface area contributed by atoms with Gasteiger partial charge in [-0.05, 0) is 42.2 Å². The molecule has 0 radical (unpaired) electrons. The first kappa shape index (κ1) is 13.6. The third-order valence-electron chi connectivity index (χ3n) is 4.87. The van der Waals surface area contributed by atoms with Crippen molar-refractivity contribution < 1.29 is 0 Å². The molecule has 1 fully saturated rings. The van der Waals surface area contributed by atoms with Crippen LogP contribution in [0.5, 0.6) is 0 Å². The van der Waals surface area contributed by atoms with Crippen LogP contribution in [-0.4, -0.2) is 0 Å². The molecular formula is C18H28. The third-order valence-corrected chi connectivity index (χ3v) is 4.87. The number of aryl methyl sites for hydroxylation is 2. The van der Waals surface area contributed by atoms with Crippen molar-refractivity contribution in [3.05, 3.63) is 35.4 Å². The quantitative estimate of drug-likeness (QED) is 0.650. The van der Waals surface area contributed by atoms with Gasteiger partial charge in [-0.2, -0.15) is 0 Å². The Hall–Kier alpha value is -0.780. The normalized spacial score (nSPS) is 24.1. The Labute approximate surface area is 113 Å². The average molecular weight is 244 g/mol. The first-order chi connectivity index (χ1) is 8.85. The molecule has 2 rings (SSSR count). The topological polar surface area (TPSA) is 0 Å². The molecule has 0 N–H and O–H groups in total. The standard InChI is InChI=1S/C18H28/c1-3-15-9-5-7-11-17(15)13-14-18-12-8-6-10-16(18)4-2/h5,7,9,11,16,18H,3-4,6,8,10,12-14H2,1-2H3. The molecule has 0 heteroatoms. The van der Waals surface area contributed by atoms with Crippen molar-refractivity contribution in [3.63, 3.8) is 0 Å². The Kier molecular flexibility index (Phi) is 5.28. The fourth-order valence-electron chi connectivity index (χ4n) is 3.69. The molecule has 18 heavy (non-hydrogen) atoms. The van der Waals surface area contributed by atoms with Crippen LogP contribution in [0.15, 0.2) is 24.3 Å². The fraction of sp³-hybridized carbons (Fsp3) is 0.667. The smallest absolute Gasteiger partial charge is 0.0273 e. The van der Waals surface area contributed by atoms with Gasteiger partial charge in [-0.3, -0.25) is 0 Å². The number of hydrogen-bond donors (Lipinski definition) is 0. The van der Waals surface area contributed by atoms with Crippen LogP contribution >= 0.6 is 0 Å². The lowest BCUT2D eigenvalue weighted by molar-refractivity contribution is 0.218. The summed E-state index contributed by atoms with van der Waals surface area (Å²) >= 11 is 0. The van der Waals surface area contributed by atoms with E-state index in [4.69, 9.17) is 0 Å². The minimum absolute atomic E-state index is 0.994. The summed E-state index contributed by atoms with van der Waals surface area (Å²) in [7, 11) is 0. The molecule has 1 saturated carbocycles. The molecule has 0 nitrogen and oxygen atoms in total. The van der Waals surface area contributed by atoms with E-state index < -0.39 is 0 Å². The van der Waals surface area contributed by atoms with E-state index in [0.717, 1.165) is 11.8 Å². The number of hydrogen-bond acceptors (Lipinski definition) is 0. The van der Waals surface area contributed by atoms with Crippen LogP contribution in [0.1, 0.15) is 63.5 Å². The predicted molar refractivity (Wildman–Crippen MR) is 79.9 cm³/mol. The maximum absolute atomic E-state index is 2.38. The van der Waals surface area contributed by atoms with Crippen molar-refractivity contribution in [1.29, 1.82) is 0 Å². The Morgan fingerprint density at radius 3 is 2.28 bits per heavy atom. The highest BCUT2D eigenvalue weighted by molar-refractivity contribution is 5.27. The second-order valence-electron chi connectivity index (χ2n) is 5.87. The molecule has 0 aromatic heterocycles. The van der Waals surface area contributed by atoms with Crippen molar-refractivity contribution in [3.8, 4) is 0 Å². The summed E-state index contributed by atoms with van der Waals surface area (Å²) in [6, 6.07) is 9.01. The van der Waals surface area contributed by atoms with Gasteiger partial charge in [0.25, 0.3) is 0 Å². The molecule has 2 unspecified atom stereocenters. The van der Waals surface area contributed by atoms with Crippen molar-refractivity contribution in [2.24, 2.45) is 11.8 Å². The largest absolute Gasteiger partial charge is 0.0651 e. The van der Waals surface area contributed by atoms with Gasteiger partial charge in [0, 0.05) is 0 Å². The van der Waals surface area contributed by atoms with Crippen LogP contribution in [0, 0.1) is 11.8 Å². The van der Waals surface area contributed by atoms with Crippen molar-refractivity contribution in [2.75, 3.05) is 0 Å². The van der Waals surface area contributed by atoms with E-state index in [-0.39, 0.29) is 0 Å². The lowest BCUT2D eigenvalue weighted by Gasteiger charge is -2.31. The molecule has 1 aliphatic rings. The van der Waals surface area contributed by atoms with E-state index in [2.05, 4.69) is 38.1 Å². The van der Waals surface area contributed by atoms with Crippen LogP contribution in [0.25, 0.3) is 0 Å². The van der Waals surface area contributed by atoms with Crippen LogP contribution < -0.4 is 0 Å². The van der Waals surface area contributed by atoms with E-state index in [9.17, 15) is 0 Å². The predicted octanol–water partition coefficient (Wildman–Crippen LogP) is 5.40. The van der Waals surface area contributed by atoms with Gasteiger partial charge in [0.1, 0.15) is 0 Å². The molecular weight excluding hydrogens is 216 g/mol. The minimum Gasteiger partial charge on any atom is -0.0651 e. The average Bonchev–Trinajstić information content (AvgIpc) is 2.45. The molecule has 100 valence electrons. The van der Waals surface area contributed by atoms with E-state index in [0.29, 0.717) is 0 Å². The summed E-state index contributed by atoms with van der Waals surface area (Å²) in [6.07, 6.45) is 11.2. The Balaban J connectivity index is 1.93.